The van der Waals surface area contributed by atoms with Gasteiger partial charge in [0.15, 0.2) is 5.71 Å². The Kier molecular flexibility index (Phi) is 15.3. The molecular formula is C41H52N4O15S4. The Hall–Kier alpha value is -4.62. The SMILES string of the molecule is CC1(C)C(/C=C/C=C2/N(CCCS(=O)(=O)O)c3ccc(S(=O)(=O)O)cc3C2(C)CCCCS(=O)(=O)O)=[N+](CCCCCC(=O)NCCN2C(=O)C=CC2=O)c2ccc(S(=O)(=O)[O-])cc21. The molecule has 3 aliphatic heterocycles. The number of anilines is 1. The van der Waals surface area contributed by atoms with Crippen LogP contribution in [-0.2, 0) is 65.7 Å². The van der Waals surface area contributed by atoms with Gasteiger partial charge in [-0.1, -0.05) is 12.5 Å². The van der Waals surface area contributed by atoms with Crippen LogP contribution in [0.2, 0.25) is 0 Å². The number of carbonyl (C=O) groups excluding carboxylic acids is 3. The topological polar surface area (TPSA) is 293 Å². The van der Waals surface area contributed by atoms with Gasteiger partial charge in [0.1, 0.15) is 16.7 Å². The molecule has 0 bridgehead atoms. The van der Waals surface area contributed by atoms with E-state index < -0.39 is 84.4 Å². The minimum Gasteiger partial charge on any atom is -0.744 e. The summed E-state index contributed by atoms with van der Waals surface area (Å²) in [7, 11) is -18.2. The number of allylic oxidation sites excluding steroid dienone is 4. The molecule has 3 amide bonds. The van der Waals surface area contributed by atoms with Crippen molar-refractivity contribution in [2.45, 2.75) is 92.8 Å². The van der Waals surface area contributed by atoms with Gasteiger partial charge in [0.2, 0.25) is 11.6 Å². The Morgan fingerprint density at radius 1 is 0.766 bits per heavy atom. The number of fused-ring (bicyclic) bond motifs is 2. The highest BCUT2D eigenvalue weighted by molar-refractivity contribution is 7.86. The van der Waals surface area contributed by atoms with Gasteiger partial charge in [0, 0.05) is 79.1 Å². The highest BCUT2D eigenvalue weighted by Crippen LogP contribution is 2.51. The number of benzene rings is 2. The number of unbranched alkanes of at least 4 members (excludes halogenated alkanes) is 3. The van der Waals surface area contributed by atoms with E-state index in [2.05, 4.69) is 5.32 Å². The zero-order chi connectivity index (χ0) is 47.5. The molecule has 2 aromatic rings. The van der Waals surface area contributed by atoms with E-state index in [1.54, 1.807) is 36.1 Å². The number of hydrogen-bond acceptors (Lipinski definition) is 13. The molecule has 0 spiro atoms. The fourth-order valence-electron chi connectivity index (χ4n) is 8.42. The lowest BCUT2D eigenvalue weighted by Gasteiger charge is -2.30. The fourth-order valence-corrected chi connectivity index (χ4v) is 10.5. The monoisotopic (exact) mass is 968 g/mol. The summed E-state index contributed by atoms with van der Waals surface area (Å²) in [4.78, 5) is 38.0. The molecule has 1 unspecified atom stereocenters. The second-order valence-electron chi connectivity index (χ2n) is 16.5. The van der Waals surface area contributed by atoms with Crippen molar-refractivity contribution in [1.29, 1.82) is 0 Å². The fraction of sp³-hybridized carbons (Fsp3) is 0.463. The summed E-state index contributed by atoms with van der Waals surface area (Å²) < 4.78 is 138. The number of imide groups is 1. The minimum absolute atomic E-state index is 0.0255. The average molecular weight is 969 g/mol. The first kappa shape index (κ1) is 50.4. The van der Waals surface area contributed by atoms with Crippen LogP contribution in [0.5, 0.6) is 0 Å². The number of nitrogens with one attached hydrogen (secondary N) is 1. The van der Waals surface area contributed by atoms with Gasteiger partial charge in [0.25, 0.3) is 42.2 Å². The van der Waals surface area contributed by atoms with Crippen LogP contribution >= 0.6 is 0 Å². The highest BCUT2D eigenvalue weighted by atomic mass is 32.2. The summed E-state index contributed by atoms with van der Waals surface area (Å²) in [6.07, 6.45) is 9.82. The normalized spacial score (nSPS) is 19.4. The number of nitrogens with zero attached hydrogens (tertiary/aromatic N) is 3. The zero-order valence-electron chi connectivity index (χ0n) is 35.5. The minimum atomic E-state index is -4.82. The largest absolute Gasteiger partial charge is 0.744 e. The lowest BCUT2D eigenvalue weighted by atomic mass is 9.77. The Labute approximate surface area is 373 Å². The Morgan fingerprint density at radius 3 is 2.02 bits per heavy atom. The number of hydrogen-bond donors (Lipinski definition) is 4. The Morgan fingerprint density at radius 2 is 1.39 bits per heavy atom. The molecule has 3 heterocycles. The van der Waals surface area contributed by atoms with Crippen molar-refractivity contribution >= 4 is 75.3 Å². The second-order valence-corrected chi connectivity index (χ2v) is 22.5. The van der Waals surface area contributed by atoms with Crippen LogP contribution in [-0.4, -0.2) is 122 Å². The van der Waals surface area contributed by atoms with E-state index >= 15 is 0 Å². The van der Waals surface area contributed by atoms with Crippen LogP contribution in [0.25, 0.3) is 0 Å². The first-order chi connectivity index (χ1) is 29.6. The quantitative estimate of drug-likeness (QED) is 0.0569. The zero-order valence-corrected chi connectivity index (χ0v) is 38.7. The van der Waals surface area contributed by atoms with Gasteiger partial charge >= 0.3 is 0 Å². The molecular weight excluding hydrogens is 917 g/mol. The predicted octanol–water partition coefficient (Wildman–Crippen LogP) is 3.37. The average Bonchev–Trinajstić information content (AvgIpc) is 3.70. The van der Waals surface area contributed by atoms with Gasteiger partial charge < -0.3 is 14.8 Å². The molecule has 0 aliphatic carbocycles. The standard InChI is InChI=1S/C41H52N4O15S4/c1-40(2)31-27-29(63(55,56)57)14-16-33(31)43(22-7-4-5-13-37(46)42-21-24-45-38(47)18-19-39(45)48)35(40)11-9-12-36-41(3,20-6-8-25-61(49,50)51)32-28-30(64(58,59)60)15-17-34(32)44(36)23-10-26-62(52,53)54/h9,11-12,14-19,27-28H,4-8,10,13,20-26H2,1-3H3,(H4-,42,46,49,50,51,52,53,54,55,56,57,58,59,60). The number of rotatable bonds is 22. The van der Waals surface area contributed by atoms with Crippen LogP contribution in [0.1, 0.15) is 83.3 Å². The van der Waals surface area contributed by atoms with Crippen LogP contribution in [0.3, 0.4) is 0 Å². The molecule has 0 saturated carbocycles. The summed E-state index contributed by atoms with van der Waals surface area (Å²) in [5.74, 6) is -2.27. The third kappa shape index (κ3) is 12.2. The molecule has 350 valence electrons. The maximum absolute atomic E-state index is 12.5. The van der Waals surface area contributed by atoms with Gasteiger partial charge in [-0.15, -0.1) is 0 Å². The molecule has 19 nitrogen and oxygen atoms in total. The molecule has 4 N–H and O–H groups in total. The van der Waals surface area contributed by atoms with Crippen molar-refractivity contribution in [1.82, 2.24) is 10.2 Å². The summed E-state index contributed by atoms with van der Waals surface area (Å²) in [6.45, 7) is 6.07. The van der Waals surface area contributed by atoms with Crippen LogP contribution in [0.4, 0.5) is 11.4 Å². The van der Waals surface area contributed by atoms with E-state index in [4.69, 9.17) is 0 Å². The molecule has 0 aromatic heterocycles. The van der Waals surface area contributed by atoms with Crippen molar-refractivity contribution in [3.63, 3.8) is 0 Å². The molecule has 3 aliphatic rings. The van der Waals surface area contributed by atoms with E-state index in [1.165, 1.54) is 30.3 Å². The third-order valence-electron chi connectivity index (χ3n) is 11.6. The van der Waals surface area contributed by atoms with E-state index in [1.807, 2.05) is 18.4 Å². The lowest BCUT2D eigenvalue weighted by molar-refractivity contribution is -0.438. The van der Waals surface area contributed by atoms with Gasteiger partial charge in [-0.25, -0.2) is 8.42 Å². The maximum Gasteiger partial charge on any atom is 0.294 e. The molecule has 64 heavy (non-hydrogen) atoms. The number of amides is 3. The molecule has 23 heteroatoms. The first-order valence-electron chi connectivity index (χ1n) is 20.4. The maximum atomic E-state index is 12.5. The molecule has 0 fully saturated rings. The number of carbonyl (C=O) groups is 3. The summed E-state index contributed by atoms with van der Waals surface area (Å²) in [5, 5.41) is 2.71. The van der Waals surface area contributed by atoms with Gasteiger partial charge in [-0.2, -0.15) is 29.8 Å². The smallest absolute Gasteiger partial charge is 0.294 e. The first-order valence-corrected chi connectivity index (χ1v) is 26.4. The van der Waals surface area contributed by atoms with Gasteiger partial charge in [0.05, 0.1) is 26.7 Å². The van der Waals surface area contributed by atoms with Crippen LogP contribution in [0, 0.1) is 0 Å². The lowest BCUT2D eigenvalue weighted by Crippen LogP contribution is -2.38. The van der Waals surface area contributed by atoms with Crippen molar-refractivity contribution in [2.24, 2.45) is 0 Å². The second kappa shape index (κ2) is 19.5. The van der Waals surface area contributed by atoms with Crippen molar-refractivity contribution < 1.29 is 70.8 Å². The predicted molar refractivity (Wildman–Crippen MR) is 234 cm³/mol. The van der Waals surface area contributed by atoms with Crippen molar-refractivity contribution in [3.05, 3.63) is 83.6 Å². The highest BCUT2D eigenvalue weighted by Gasteiger charge is 2.46. The van der Waals surface area contributed by atoms with Crippen LogP contribution < -0.4 is 10.2 Å². The van der Waals surface area contributed by atoms with Crippen LogP contribution in [0.15, 0.2) is 82.3 Å². The molecule has 2 aromatic carbocycles. The summed E-state index contributed by atoms with van der Waals surface area (Å²) >= 11 is 0. The van der Waals surface area contributed by atoms with Gasteiger partial charge in [-0.3, -0.25) is 32.9 Å². The third-order valence-corrected chi connectivity index (χ3v) is 14.9. The van der Waals surface area contributed by atoms with E-state index in [9.17, 15) is 66.3 Å². The Balaban J connectivity index is 1.47. The van der Waals surface area contributed by atoms with E-state index in [0.717, 1.165) is 17.1 Å². The molecule has 0 radical (unpaired) electrons. The van der Waals surface area contributed by atoms with Gasteiger partial charge in [-0.05, 0) is 94.8 Å². The van der Waals surface area contributed by atoms with Crippen molar-refractivity contribution in [3.8, 4) is 0 Å². The molecule has 5 rings (SSSR count). The van der Waals surface area contributed by atoms with E-state index in [-0.39, 0.29) is 57.6 Å². The van der Waals surface area contributed by atoms with E-state index in [0.29, 0.717) is 59.7 Å². The Bertz CT molecular complexity index is 2760. The molecule has 1 atom stereocenters. The molecule has 0 saturated heterocycles. The summed E-state index contributed by atoms with van der Waals surface area (Å²) in [6, 6.07) is 8.08. The van der Waals surface area contributed by atoms with Crippen molar-refractivity contribution in [2.75, 3.05) is 42.6 Å². The summed E-state index contributed by atoms with van der Waals surface area (Å²) in [5.41, 5.74) is 1.36.